The molecule has 0 aromatic heterocycles. The summed E-state index contributed by atoms with van der Waals surface area (Å²) >= 11 is 0. The van der Waals surface area contributed by atoms with E-state index in [2.05, 4.69) is 27.2 Å². The Morgan fingerprint density at radius 2 is 1.21 bits per heavy atom. The van der Waals surface area contributed by atoms with Gasteiger partial charge in [0, 0.05) is 19.6 Å². The number of halogens is 3. The molecule has 0 fully saturated rings. The van der Waals surface area contributed by atoms with Crippen LogP contribution in [0, 0.1) is 0 Å². The van der Waals surface area contributed by atoms with E-state index < -0.39 is 18.1 Å². The maximum Gasteiger partial charge on any atom is 0.446 e. The maximum atomic E-state index is 11.5. The smallest absolute Gasteiger partial charge is 0.446 e. The Labute approximate surface area is 254 Å². The van der Waals surface area contributed by atoms with E-state index in [1.165, 1.54) is 5.56 Å². The van der Waals surface area contributed by atoms with Crippen LogP contribution in [0.25, 0.3) is 0 Å². The number of hydrogen-bond donors (Lipinski definition) is 2. The Kier molecular flexibility index (Phi) is 19.7. The molecule has 9 nitrogen and oxygen atoms in total. The van der Waals surface area contributed by atoms with Crippen LogP contribution in [0.2, 0.25) is 0 Å². The molecule has 2 aromatic carbocycles. The van der Waals surface area contributed by atoms with Crippen LogP contribution in [-0.2, 0) is 22.4 Å². The molecule has 0 saturated heterocycles. The fraction of sp³-hybridized carbons (Fsp3) is 0.548. The second-order valence-electron chi connectivity index (χ2n) is 11.0. The van der Waals surface area contributed by atoms with Crippen LogP contribution >= 0.6 is 0 Å². The number of likely N-dealkylation sites (N-methyl/N-ethyl adjacent to an activating group) is 2. The molecule has 0 atom stereocenters. The van der Waals surface area contributed by atoms with E-state index in [0.717, 1.165) is 49.6 Å². The highest BCUT2D eigenvalue weighted by Crippen LogP contribution is 2.13. The number of rotatable bonds is 13. The van der Waals surface area contributed by atoms with Crippen LogP contribution < -0.4 is 20.5 Å². The Bertz CT molecular complexity index is 1010. The quantitative estimate of drug-likeness (QED) is 0.316. The molecular weight excluding hydrogens is 565 g/mol. The highest BCUT2D eigenvalue weighted by Gasteiger charge is 2.24. The summed E-state index contributed by atoms with van der Waals surface area (Å²) in [6.07, 6.45) is -4.39. The third-order valence-corrected chi connectivity index (χ3v) is 5.11. The molecule has 1 amide bonds. The number of nitrogens with one attached hydrogen (secondary N) is 1. The topological polar surface area (TPSA) is 106 Å². The summed E-state index contributed by atoms with van der Waals surface area (Å²) in [6, 6.07) is 16.1. The minimum absolute atomic E-state index is 0.379. The number of nitrogens with zero attached hydrogens (tertiary/aromatic N) is 2. The third-order valence-electron chi connectivity index (χ3n) is 5.11. The van der Waals surface area contributed by atoms with E-state index in [4.69, 9.17) is 24.7 Å². The van der Waals surface area contributed by atoms with Gasteiger partial charge in [-0.05, 0) is 104 Å². The van der Waals surface area contributed by atoms with Gasteiger partial charge in [0.2, 0.25) is 6.29 Å². The van der Waals surface area contributed by atoms with Crippen molar-refractivity contribution in [1.82, 2.24) is 15.1 Å². The van der Waals surface area contributed by atoms with Crippen molar-refractivity contribution in [2.45, 2.75) is 45.4 Å². The van der Waals surface area contributed by atoms with Crippen molar-refractivity contribution >= 4 is 12.4 Å². The lowest BCUT2D eigenvalue weighted by Gasteiger charge is -2.19. The van der Waals surface area contributed by atoms with Gasteiger partial charge in [0.05, 0.1) is 0 Å². The molecule has 0 aliphatic heterocycles. The van der Waals surface area contributed by atoms with Gasteiger partial charge in [-0.15, -0.1) is 0 Å². The summed E-state index contributed by atoms with van der Waals surface area (Å²) in [5.74, 6) is 1.79. The summed E-state index contributed by atoms with van der Waals surface area (Å²) in [5.41, 5.74) is 7.42. The van der Waals surface area contributed by atoms with Gasteiger partial charge in [0.15, 0.2) is 0 Å². The molecule has 12 heteroatoms. The fourth-order valence-electron chi connectivity index (χ4n) is 2.99. The lowest BCUT2D eigenvalue weighted by atomic mass is 10.1. The molecule has 3 N–H and O–H groups in total. The average Bonchev–Trinajstić information content (AvgIpc) is 2.90. The highest BCUT2D eigenvalue weighted by atomic mass is 19.4. The number of amides is 1. The average molecular weight is 615 g/mol. The number of hydrogen-bond acceptors (Lipinski definition) is 8. The lowest BCUT2D eigenvalue weighted by molar-refractivity contribution is -0.156. The van der Waals surface area contributed by atoms with E-state index in [-0.39, 0.29) is 6.09 Å². The summed E-state index contributed by atoms with van der Waals surface area (Å²) < 4.78 is 47.6. The molecule has 0 heterocycles. The van der Waals surface area contributed by atoms with Crippen LogP contribution in [0.15, 0.2) is 48.5 Å². The number of nitrogens with two attached hydrogens (primary N) is 1. The normalized spacial score (nSPS) is 11.1. The molecular formula is C31H49F3N4O5. The number of alkyl halides is 3. The van der Waals surface area contributed by atoms with Crippen LogP contribution in [-0.4, -0.2) is 102 Å². The molecule has 2 aromatic rings. The molecule has 2 rings (SSSR count). The van der Waals surface area contributed by atoms with Crippen molar-refractivity contribution in [3.05, 3.63) is 59.7 Å². The van der Waals surface area contributed by atoms with E-state index in [1.54, 1.807) is 0 Å². The van der Waals surface area contributed by atoms with Crippen molar-refractivity contribution in [1.29, 1.82) is 0 Å². The first kappa shape index (κ1) is 39.6. The Balaban J connectivity index is 0.000000722. The van der Waals surface area contributed by atoms with Crippen molar-refractivity contribution < 1.29 is 37.0 Å². The first-order valence-electron chi connectivity index (χ1n) is 14.0. The van der Waals surface area contributed by atoms with E-state index in [9.17, 15) is 18.0 Å². The van der Waals surface area contributed by atoms with Gasteiger partial charge in [-0.1, -0.05) is 24.3 Å². The van der Waals surface area contributed by atoms with Gasteiger partial charge in [0.1, 0.15) is 30.3 Å². The van der Waals surface area contributed by atoms with Crippen molar-refractivity contribution in [3.8, 4) is 11.5 Å². The zero-order valence-corrected chi connectivity index (χ0v) is 26.5. The Morgan fingerprint density at radius 3 is 1.53 bits per heavy atom. The van der Waals surface area contributed by atoms with E-state index in [1.807, 2.05) is 85.4 Å². The first-order chi connectivity index (χ1) is 20.0. The number of ether oxygens (including phenoxy) is 3. The summed E-state index contributed by atoms with van der Waals surface area (Å²) in [6.45, 7) is 10.0. The number of benzene rings is 2. The van der Waals surface area contributed by atoms with E-state index in [0.29, 0.717) is 19.7 Å². The van der Waals surface area contributed by atoms with Gasteiger partial charge < -0.3 is 35.1 Å². The second kappa shape index (κ2) is 21.4. The Hall–Kier alpha value is -3.35. The third kappa shape index (κ3) is 24.9. The lowest BCUT2D eigenvalue weighted by Crippen LogP contribution is -2.33. The molecule has 0 aliphatic rings. The summed E-state index contributed by atoms with van der Waals surface area (Å²) in [4.78, 5) is 24.4. The second-order valence-corrected chi connectivity index (χ2v) is 11.0. The monoisotopic (exact) mass is 614 g/mol. The molecule has 0 radical (unpaired) electrons. The number of carbonyl (C=O) groups is 2. The molecule has 0 bridgehead atoms. The largest absolute Gasteiger partial charge is 0.492 e. The number of carbonyl (C=O) groups excluding carboxylic acids is 2. The fourth-order valence-corrected chi connectivity index (χ4v) is 2.99. The predicted octanol–water partition coefficient (Wildman–Crippen LogP) is 4.57. The zero-order chi connectivity index (χ0) is 32.9. The van der Waals surface area contributed by atoms with Gasteiger partial charge >= 0.3 is 12.3 Å². The van der Waals surface area contributed by atoms with Gasteiger partial charge in [-0.3, -0.25) is 4.79 Å². The highest BCUT2D eigenvalue weighted by molar-refractivity contribution is 5.67. The maximum absolute atomic E-state index is 11.5. The van der Waals surface area contributed by atoms with Crippen molar-refractivity contribution in [3.63, 3.8) is 0 Å². The zero-order valence-electron chi connectivity index (χ0n) is 26.5. The van der Waals surface area contributed by atoms with E-state index >= 15 is 0 Å². The SMILES string of the molecule is CN(C)CCOc1ccc(CCN)cc1.CN(C)CCOc1ccc(CCNC(=O)OC(C)(C)C)cc1.O=CC(F)(F)F. The number of aldehydes is 1. The van der Waals surface area contributed by atoms with Crippen LogP contribution in [0.4, 0.5) is 18.0 Å². The minimum Gasteiger partial charge on any atom is -0.492 e. The first-order valence-corrected chi connectivity index (χ1v) is 14.0. The Morgan fingerprint density at radius 1 is 0.814 bits per heavy atom. The molecule has 0 spiro atoms. The molecule has 0 aliphatic carbocycles. The summed E-state index contributed by atoms with van der Waals surface area (Å²) in [7, 11) is 8.11. The minimum atomic E-state index is -4.64. The predicted molar refractivity (Wildman–Crippen MR) is 164 cm³/mol. The van der Waals surface area contributed by atoms with Crippen LogP contribution in [0.3, 0.4) is 0 Å². The van der Waals surface area contributed by atoms with Crippen molar-refractivity contribution in [2.24, 2.45) is 5.73 Å². The summed E-state index contributed by atoms with van der Waals surface area (Å²) in [5, 5.41) is 2.75. The molecule has 0 unspecified atom stereocenters. The molecule has 0 saturated carbocycles. The standard InChI is InChI=1S/C17H28N2O3.C12H20N2O.C2HF3O/c1-17(2,3)22-16(20)18-11-10-14-6-8-15(9-7-14)21-13-12-19(4)5;1-14(2)9-10-15-12-5-3-11(4-6-12)7-8-13;3-2(4,5)1-6/h6-9H,10-13H2,1-5H3,(H,18,20);3-6H,7-10,13H2,1-2H3;1H. The molecule has 244 valence electrons. The van der Waals surface area contributed by atoms with Crippen LogP contribution in [0.5, 0.6) is 11.5 Å². The number of alkyl carbamates (subject to hydrolysis) is 1. The van der Waals surface area contributed by atoms with Gasteiger partial charge in [-0.25, -0.2) is 4.79 Å². The molecule has 43 heavy (non-hydrogen) atoms. The van der Waals surface area contributed by atoms with Crippen molar-refractivity contribution in [2.75, 3.05) is 67.6 Å². The van der Waals surface area contributed by atoms with Gasteiger partial charge in [0.25, 0.3) is 0 Å². The van der Waals surface area contributed by atoms with Crippen LogP contribution in [0.1, 0.15) is 31.9 Å². The van der Waals surface area contributed by atoms with Gasteiger partial charge in [-0.2, -0.15) is 13.2 Å².